The Morgan fingerprint density at radius 2 is 1.79 bits per heavy atom. The van der Waals surface area contributed by atoms with Crippen LogP contribution in [0.1, 0.15) is 27.4 Å². The van der Waals surface area contributed by atoms with Gasteiger partial charge < -0.3 is 10.1 Å². The Labute approximate surface area is 189 Å². The number of carbonyl (C=O) groups is 1. The van der Waals surface area contributed by atoms with Crippen molar-refractivity contribution in [3.05, 3.63) is 99.6 Å². The first-order chi connectivity index (χ1) is 15.9. The zero-order valence-corrected chi connectivity index (χ0v) is 18.1. The molecule has 0 aliphatic rings. The maximum Gasteiger partial charge on any atom is 0.311 e. The van der Waals surface area contributed by atoms with Gasteiger partial charge >= 0.3 is 5.69 Å². The number of amides is 1. The predicted molar refractivity (Wildman–Crippen MR) is 121 cm³/mol. The predicted octanol–water partition coefficient (Wildman–Crippen LogP) is 3.94. The Morgan fingerprint density at radius 3 is 2.55 bits per heavy atom. The summed E-state index contributed by atoms with van der Waals surface area (Å²) in [6.45, 7) is 4.26. The Hall–Kier alpha value is -4.47. The molecular formula is C23H22N6O4. The summed E-state index contributed by atoms with van der Waals surface area (Å²) in [6.07, 6.45) is 1.57. The second-order valence-corrected chi connectivity index (χ2v) is 7.38. The van der Waals surface area contributed by atoms with Crippen LogP contribution in [0.25, 0.3) is 0 Å². The average molecular weight is 446 g/mol. The zero-order chi connectivity index (χ0) is 23.4. The number of nitro benzene ring substituents is 1. The number of aryl methyl sites for hydroxylation is 1. The van der Waals surface area contributed by atoms with E-state index < -0.39 is 4.92 Å². The molecule has 0 saturated heterocycles. The number of nitrogens with zero attached hydrogens (tertiary/aromatic N) is 5. The number of aromatic nitrogens is 4. The lowest BCUT2D eigenvalue weighted by Gasteiger charge is -2.07. The summed E-state index contributed by atoms with van der Waals surface area (Å²) < 4.78 is 8.75. The van der Waals surface area contributed by atoms with Crippen LogP contribution >= 0.6 is 0 Å². The minimum atomic E-state index is -0.514. The smallest absolute Gasteiger partial charge is 0.311 e. The van der Waals surface area contributed by atoms with Crippen molar-refractivity contribution < 1.29 is 14.5 Å². The molecule has 33 heavy (non-hydrogen) atoms. The fourth-order valence-corrected chi connectivity index (χ4v) is 3.39. The van der Waals surface area contributed by atoms with Crippen molar-refractivity contribution in [2.24, 2.45) is 0 Å². The molecule has 1 amide bonds. The van der Waals surface area contributed by atoms with E-state index in [0.29, 0.717) is 17.9 Å². The fourth-order valence-electron chi connectivity index (χ4n) is 3.39. The second-order valence-electron chi connectivity index (χ2n) is 7.38. The molecule has 10 heteroatoms. The maximum absolute atomic E-state index is 12.8. The van der Waals surface area contributed by atoms with E-state index in [1.807, 2.05) is 48.9 Å². The van der Waals surface area contributed by atoms with E-state index in [4.69, 9.17) is 4.74 Å². The lowest BCUT2D eigenvalue weighted by molar-refractivity contribution is -0.386. The Morgan fingerprint density at radius 1 is 1.06 bits per heavy atom. The van der Waals surface area contributed by atoms with Gasteiger partial charge in [0.2, 0.25) is 0 Å². The molecule has 0 aliphatic heterocycles. The van der Waals surface area contributed by atoms with E-state index in [0.717, 1.165) is 11.3 Å². The third kappa shape index (κ3) is 4.90. The lowest BCUT2D eigenvalue weighted by atomic mass is 10.2. The molecule has 0 bridgehead atoms. The van der Waals surface area contributed by atoms with Crippen LogP contribution in [0.2, 0.25) is 0 Å². The van der Waals surface area contributed by atoms with E-state index in [9.17, 15) is 14.9 Å². The molecule has 0 fully saturated rings. The van der Waals surface area contributed by atoms with E-state index in [1.54, 1.807) is 24.4 Å². The first kappa shape index (κ1) is 21.8. The molecule has 0 unspecified atom stereocenters. The molecule has 0 radical (unpaired) electrons. The molecule has 0 aliphatic carbocycles. The monoisotopic (exact) mass is 446 g/mol. The van der Waals surface area contributed by atoms with Crippen LogP contribution in [-0.2, 0) is 13.3 Å². The van der Waals surface area contributed by atoms with E-state index in [2.05, 4.69) is 15.5 Å². The van der Waals surface area contributed by atoms with E-state index >= 15 is 0 Å². The number of anilines is 1. The van der Waals surface area contributed by atoms with Crippen LogP contribution in [0.15, 0.2) is 66.9 Å². The van der Waals surface area contributed by atoms with Crippen LogP contribution in [0.4, 0.5) is 11.4 Å². The lowest BCUT2D eigenvalue weighted by Crippen LogP contribution is -2.15. The van der Waals surface area contributed by atoms with Gasteiger partial charge in [0.05, 0.1) is 28.5 Å². The highest BCUT2D eigenvalue weighted by molar-refractivity contribution is 6.03. The zero-order valence-electron chi connectivity index (χ0n) is 18.1. The summed E-state index contributed by atoms with van der Waals surface area (Å²) in [6, 6.07) is 17.6. The number of nitro groups is 1. The third-order valence-electron chi connectivity index (χ3n) is 5.08. The molecule has 0 spiro atoms. The molecule has 1 N–H and O–H groups in total. The van der Waals surface area contributed by atoms with Gasteiger partial charge in [-0.05, 0) is 31.5 Å². The molecule has 2 aromatic carbocycles. The van der Waals surface area contributed by atoms with Crippen LogP contribution in [0.3, 0.4) is 0 Å². The number of hydrogen-bond donors (Lipinski definition) is 1. The van der Waals surface area contributed by atoms with Gasteiger partial charge in [0, 0.05) is 12.3 Å². The summed E-state index contributed by atoms with van der Waals surface area (Å²) in [5, 5.41) is 22.7. The maximum atomic E-state index is 12.8. The Bertz CT molecular complexity index is 1300. The standard InChI is InChI=1S/C23H22N6O4/c1-16-22(17(2)28(25-16)14-18-8-4-3-5-9-18)24-23(30)19-12-13-27(26-19)15-33-21-11-7-6-10-20(21)29(31)32/h3-13H,14-15H2,1-2H3,(H,24,30). The highest BCUT2D eigenvalue weighted by Crippen LogP contribution is 2.26. The van der Waals surface area contributed by atoms with Gasteiger partial charge in [-0.15, -0.1) is 0 Å². The second kappa shape index (κ2) is 9.35. The van der Waals surface area contributed by atoms with Crippen molar-refractivity contribution in [2.45, 2.75) is 27.1 Å². The molecule has 168 valence electrons. The molecule has 2 aromatic heterocycles. The van der Waals surface area contributed by atoms with Crippen molar-refractivity contribution in [2.75, 3.05) is 5.32 Å². The van der Waals surface area contributed by atoms with Crippen LogP contribution < -0.4 is 10.1 Å². The van der Waals surface area contributed by atoms with Crippen molar-refractivity contribution in [3.8, 4) is 5.75 Å². The number of rotatable bonds is 8. The summed E-state index contributed by atoms with van der Waals surface area (Å²) in [5.74, 6) is -0.258. The largest absolute Gasteiger partial charge is 0.464 e. The number of ether oxygens (including phenoxy) is 1. The van der Waals surface area contributed by atoms with Crippen LogP contribution in [-0.4, -0.2) is 30.4 Å². The quantitative estimate of drug-likeness (QED) is 0.324. The third-order valence-corrected chi connectivity index (χ3v) is 5.08. The summed E-state index contributed by atoms with van der Waals surface area (Å²) in [7, 11) is 0. The normalized spacial score (nSPS) is 10.7. The number of benzene rings is 2. The van der Waals surface area contributed by atoms with Gasteiger partial charge in [-0.2, -0.15) is 10.2 Å². The van der Waals surface area contributed by atoms with Gasteiger partial charge in [0.15, 0.2) is 18.2 Å². The van der Waals surface area contributed by atoms with Gasteiger partial charge in [0.1, 0.15) is 0 Å². The highest BCUT2D eigenvalue weighted by atomic mass is 16.6. The Balaban J connectivity index is 1.43. The fraction of sp³-hybridized carbons (Fsp3) is 0.174. The van der Waals surface area contributed by atoms with E-state index in [1.165, 1.54) is 16.8 Å². The highest BCUT2D eigenvalue weighted by Gasteiger charge is 2.18. The summed E-state index contributed by atoms with van der Waals surface area (Å²) in [5.41, 5.74) is 3.34. The summed E-state index contributed by atoms with van der Waals surface area (Å²) >= 11 is 0. The average Bonchev–Trinajstić information content (AvgIpc) is 3.39. The Kier molecular flexibility index (Phi) is 6.16. The molecular weight excluding hydrogens is 424 g/mol. The van der Waals surface area contributed by atoms with Crippen molar-refractivity contribution >= 4 is 17.3 Å². The molecule has 0 saturated carbocycles. The molecule has 2 heterocycles. The van der Waals surface area contributed by atoms with Gasteiger partial charge in [-0.3, -0.25) is 19.6 Å². The minimum absolute atomic E-state index is 0.0782. The van der Waals surface area contributed by atoms with Crippen molar-refractivity contribution in [1.82, 2.24) is 19.6 Å². The first-order valence-corrected chi connectivity index (χ1v) is 10.2. The summed E-state index contributed by atoms with van der Waals surface area (Å²) in [4.78, 5) is 23.4. The number of hydrogen-bond acceptors (Lipinski definition) is 6. The minimum Gasteiger partial charge on any atom is -0.464 e. The van der Waals surface area contributed by atoms with E-state index in [-0.39, 0.29) is 29.8 Å². The molecule has 4 aromatic rings. The van der Waals surface area contributed by atoms with Crippen molar-refractivity contribution in [1.29, 1.82) is 0 Å². The van der Waals surface area contributed by atoms with Crippen LogP contribution in [0, 0.1) is 24.0 Å². The molecule has 0 atom stereocenters. The number of para-hydroxylation sites is 2. The SMILES string of the molecule is Cc1nn(Cc2ccccc2)c(C)c1NC(=O)c1ccn(COc2ccccc2[N+](=O)[O-])n1. The van der Waals surface area contributed by atoms with Gasteiger partial charge in [-0.25, -0.2) is 4.68 Å². The van der Waals surface area contributed by atoms with Gasteiger partial charge in [-0.1, -0.05) is 42.5 Å². The van der Waals surface area contributed by atoms with Gasteiger partial charge in [0.25, 0.3) is 5.91 Å². The number of carbonyl (C=O) groups excluding carboxylic acids is 1. The first-order valence-electron chi connectivity index (χ1n) is 10.2. The van der Waals surface area contributed by atoms with Crippen LogP contribution in [0.5, 0.6) is 5.75 Å². The molecule has 10 nitrogen and oxygen atoms in total. The molecule has 4 rings (SSSR count). The van der Waals surface area contributed by atoms with Crippen molar-refractivity contribution in [3.63, 3.8) is 0 Å². The topological polar surface area (TPSA) is 117 Å². The number of nitrogens with one attached hydrogen (secondary N) is 1.